The normalized spacial score (nSPS) is 11.6. The van der Waals surface area contributed by atoms with Crippen molar-refractivity contribution in [1.29, 1.82) is 0 Å². The van der Waals surface area contributed by atoms with E-state index in [0.717, 1.165) is 46.1 Å². The Morgan fingerprint density at radius 3 is 2.45 bits per heavy atom. The van der Waals surface area contributed by atoms with Crippen molar-refractivity contribution in [1.82, 2.24) is 4.98 Å². The molecule has 1 heterocycles. The Labute approximate surface area is 119 Å². The van der Waals surface area contributed by atoms with Crippen LogP contribution in [0.5, 0.6) is 0 Å². The molecule has 0 fully saturated rings. The zero-order chi connectivity index (χ0) is 14.8. The van der Waals surface area contributed by atoms with Gasteiger partial charge in [-0.15, -0.1) is 17.9 Å². The second-order valence-corrected chi connectivity index (χ2v) is 5.51. The molecule has 2 aromatic rings. The van der Waals surface area contributed by atoms with E-state index in [1.54, 1.807) is 0 Å². The Hall–Kier alpha value is -1.62. The van der Waals surface area contributed by atoms with E-state index in [9.17, 15) is 13.2 Å². The molecular formula is C15H14F3NS. The summed E-state index contributed by atoms with van der Waals surface area (Å²) in [5.74, 6) is 0. The van der Waals surface area contributed by atoms with Crippen molar-refractivity contribution in [3.8, 4) is 10.6 Å². The molecule has 0 bridgehead atoms. The minimum atomic E-state index is -4.30. The molecule has 0 aliphatic heterocycles. The van der Waals surface area contributed by atoms with E-state index in [2.05, 4.69) is 11.6 Å². The van der Waals surface area contributed by atoms with E-state index in [0.29, 0.717) is 0 Å². The Morgan fingerprint density at radius 2 is 1.90 bits per heavy atom. The van der Waals surface area contributed by atoms with Crippen LogP contribution in [0.15, 0.2) is 36.9 Å². The number of hydrogen-bond donors (Lipinski definition) is 0. The van der Waals surface area contributed by atoms with Gasteiger partial charge in [0.15, 0.2) is 0 Å². The molecule has 0 spiro atoms. The number of rotatable bonds is 4. The zero-order valence-corrected chi connectivity index (χ0v) is 11.8. The Morgan fingerprint density at radius 1 is 1.25 bits per heavy atom. The highest BCUT2D eigenvalue weighted by atomic mass is 32.1. The third kappa shape index (κ3) is 3.28. The molecule has 0 saturated heterocycles. The van der Waals surface area contributed by atoms with Gasteiger partial charge < -0.3 is 0 Å². The average Bonchev–Trinajstić information content (AvgIpc) is 2.77. The smallest absolute Gasteiger partial charge is 0.241 e. The maximum absolute atomic E-state index is 12.5. The van der Waals surface area contributed by atoms with Crippen LogP contribution in [0.25, 0.3) is 10.6 Å². The molecule has 0 N–H and O–H groups in total. The highest BCUT2D eigenvalue weighted by Crippen LogP contribution is 2.33. The summed E-state index contributed by atoms with van der Waals surface area (Å²) < 4.78 is 37.5. The van der Waals surface area contributed by atoms with Crippen LogP contribution < -0.4 is 0 Å². The highest BCUT2D eigenvalue weighted by Gasteiger charge is 2.30. The van der Waals surface area contributed by atoms with Crippen LogP contribution >= 0.6 is 11.3 Å². The largest absolute Gasteiger partial charge is 0.416 e. The number of aryl methyl sites for hydroxylation is 2. The lowest BCUT2D eigenvalue weighted by Gasteiger charge is -2.06. The number of thiazole rings is 1. The maximum Gasteiger partial charge on any atom is 0.416 e. The van der Waals surface area contributed by atoms with Gasteiger partial charge in [-0.05, 0) is 31.9 Å². The van der Waals surface area contributed by atoms with Crippen molar-refractivity contribution in [2.45, 2.75) is 25.9 Å². The predicted molar refractivity (Wildman–Crippen MR) is 75.8 cm³/mol. The molecule has 106 valence electrons. The molecule has 0 amide bonds. The molecule has 20 heavy (non-hydrogen) atoms. The van der Waals surface area contributed by atoms with Crippen LogP contribution in [0.1, 0.15) is 22.6 Å². The first-order valence-corrected chi connectivity index (χ1v) is 6.98. The molecule has 0 unspecified atom stereocenters. The molecule has 1 nitrogen and oxygen atoms in total. The van der Waals surface area contributed by atoms with Crippen molar-refractivity contribution in [2.24, 2.45) is 0 Å². The van der Waals surface area contributed by atoms with Crippen LogP contribution in [0.4, 0.5) is 13.2 Å². The number of alkyl halides is 3. The van der Waals surface area contributed by atoms with Crippen molar-refractivity contribution in [2.75, 3.05) is 0 Å². The predicted octanol–water partition coefficient (Wildman–Crippen LogP) is 5.26. The summed E-state index contributed by atoms with van der Waals surface area (Å²) in [7, 11) is 0. The second kappa shape index (κ2) is 5.79. The van der Waals surface area contributed by atoms with Gasteiger partial charge in [0.25, 0.3) is 0 Å². The first kappa shape index (κ1) is 14.8. The third-order valence-corrected chi connectivity index (χ3v) is 4.19. The van der Waals surface area contributed by atoms with Crippen molar-refractivity contribution < 1.29 is 13.2 Å². The van der Waals surface area contributed by atoms with Gasteiger partial charge in [0, 0.05) is 10.4 Å². The highest BCUT2D eigenvalue weighted by molar-refractivity contribution is 7.15. The first-order chi connectivity index (χ1) is 9.41. The number of halogens is 3. The molecule has 1 aromatic carbocycles. The van der Waals surface area contributed by atoms with Crippen molar-refractivity contribution in [3.05, 3.63) is 53.1 Å². The van der Waals surface area contributed by atoms with Gasteiger partial charge in [-0.2, -0.15) is 13.2 Å². The van der Waals surface area contributed by atoms with Gasteiger partial charge in [0.05, 0.1) is 11.3 Å². The average molecular weight is 297 g/mol. The number of aromatic nitrogens is 1. The number of benzene rings is 1. The summed E-state index contributed by atoms with van der Waals surface area (Å²) in [5, 5.41) is 0.760. The molecule has 0 radical (unpaired) electrons. The van der Waals surface area contributed by atoms with Crippen LogP contribution in [0, 0.1) is 6.92 Å². The molecule has 0 aliphatic carbocycles. The fraction of sp³-hybridized carbons (Fsp3) is 0.267. The van der Waals surface area contributed by atoms with Gasteiger partial charge in [-0.25, -0.2) is 4.98 Å². The quantitative estimate of drug-likeness (QED) is 0.702. The summed E-state index contributed by atoms with van der Waals surface area (Å²) in [6.45, 7) is 5.60. The molecule has 0 aliphatic rings. The Bertz CT molecular complexity index is 597. The first-order valence-electron chi connectivity index (χ1n) is 6.16. The lowest BCUT2D eigenvalue weighted by molar-refractivity contribution is -0.137. The minimum Gasteiger partial charge on any atom is -0.241 e. The number of allylic oxidation sites excluding steroid dienone is 1. The van der Waals surface area contributed by atoms with Gasteiger partial charge in [0.1, 0.15) is 5.01 Å². The number of hydrogen-bond acceptors (Lipinski definition) is 2. The fourth-order valence-corrected chi connectivity index (χ4v) is 2.90. The van der Waals surface area contributed by atoms with Gasteiger partial charge in [0.2, 0.25) is 0 Å². The number of nitrogens with zero attached hydrogens (tertiary/aromatic N) is 1. The molecule has 0 atom stereocenters. The van der Waals surface area contributed by atoms with Crippen LogP contribution in [0.3, 0.4) is 0 Å². The van der Waals surface area contributed by atoms with Gasteiger partial charge >= 0.3 is 6.18 Å². The van der Waals surface area contributed by atoms with Crippen LogP contribution in [0.2, 0.25) is 0 Å². The van der Waals surface area contributed by atoms with E-state index < -0.39 is 11.7 Å². The van der Waals surface area contributed by atoms with Gasteiger partial charge in [-0.1, -0.05) is 18.2 Å². The van der Waals surface area contributed by atoms with Crippen LogP contribution in [-0.2, 0) is 12.6 Å². The Kier molecular flexibility index (Phi) is 4.28. The fourth-order valence-electron chi connectivity index (χ4n) is 1.82. The molecule has 5 heteroatoms. The van der Waals surface area contributed by atoms with Gasteiger partial charge in [-0.3, -0.25) is 0 Å². The summed E-state index contributed by atoms with van der Waals surface area (Å²) >= 11 is 1.53. The van der Waals surface area contributed by atoms with E-state index in [-0.39, 0.29) is 0 Å². The lowest BCUT2D eigenvalue weighted by Crippen LogP contribution is -2.03. The topological polar surface area (TPSA) is 12.9 Å². The van der Waals surface area contributed by atoms with Crippen molar-refractivity contribution in [3.63, 3.8) is 0 Å². The van der Waals surface area contributed by atoms with Crippen molar-refractivity contribution >= 4 is 11.3 Å². The van der Waals surface area contributed by atoms with E-state index in [1.807, 2.05) is 13.0 Å². The molecular weight excluding hydrogens is 283 g/mol. The van der Waals surface area contributed by atoms with E-state index in [4.69, 9.17) is 0 Å². The zero-order valence-electron chi connectivity index (χ0n) is 11.0. The summed E-state index contributed by atoms with van der Waals surface area (Å²) in [4.78, 5) is 5.58. The monoisotopic (exact) mass is 297 g/mol. The van der Waals surface area contributed by atoms with E-state index in [1.165, 1.54) is 23.5 Å². The summed E-state index contributed by atoms with van der Waals surface area (Å²) in [6, 6.07) is 5.13. The Balaban J connectivity index is 2.26. The minimum absolute atomic E-state index is 0.638. The lowest BCUT2D eigenvalue weighted by atomic mass is 10.1. The third-order valence-electron chi connectivity index (χ3n) is 2.93. The second-order valence-electron chi connectivity index (χ2n) is 4.43. The van der Waals surface area contributed by atoms with Crippen LogP contribution in [-0.4, -0.2) is 4.98 Å². The molecule has 1 aromatic heterocycles. The standard InChI is InChI=1S/C15H14F3NS/c1-3-4-5-13-10(2)19-14(20-13)11-6-8-12(9-7-11)15(16,17)18/h3,6-9H,1,4-5H2,2H3. The summed E-state index contributed by atoms with van der Waals surface area (Å²) in [6.07, 6.45) is -0.716. The molecule has 2 rings (SSSR count). The molecule has 0 saturated carbocycles. The SMILES string of the molecule is C=CCCc1sc(-c2ccc(C(F)(F)F)cc2)nc1C. The maximum atomic E-state index is 12.5. The summed E-state index contributed by atoms with van der Waals surface area (Å²) in [5.41, 5.74) is 1.02. The van der Waals surface area contributed by atoms with E-state index >= 15 is 0 Å².